The van der Waals surface area contributed by atoms with E-state index < -0.39 is 14.9 Å². The lowest BCUT2D eigenvalue weighted by molar-refractivity contribution is -0.384. The number of sulfonamides is 1. The highest BCUT2D eigenvalue weighted by molar-refractivity contribution is 7.89. The third kappa shape index (κ3) is 4.49. The first-order chi connectivity index (χ1) is 10.8. The molecule has 0 spiro atoms. The summed E-state index contributed by atoms with van der Waals surface area (Å²) in [5.74, 6) is 0.107. The van der Waals surface area contributed by atoms with Crippen LogP contribution in [0.5, 0.6) is 0 Å². The molecule has 1 amide bonds. The van der Waals surface area contributed by atoms with Gasteiger partial charge in [-0.1, -0.05) is 0 Å². The lowest BCUT2D eigenvalue weighted by Gasteiger charge is -2.19. The van der Waals surface area contributed by atoms with E-state index in [9.17, 15) is 23.3 Å². The van der Waals surface area contributed by atoms with E-state index in [0.29, 0.717) is 19.4 Å². The highest BCUT2D eigenvalue weighted by atomic mass is 32.2. The van der Waals surface area contributed by atoms with E-state index in [1.54, 1.807) is 11.8 Å². The van der Waals surface area contributed by atoms with E-state index in [2.05, 4.69) is 4.72 Å². The maximum Gasteiger partial charge on any atom is 0.269 e. The minimum atomic E-state index is -3.74. The van der Waals surface area contributed by atoms with Crippen LogP contribution in [0.2, 0.25) is 0 Å². The van der Waals surface area contributed by atoms with Crippen LogP contribution in [-0.4, -0.2) is 43.3 Å². The van der Waals surface area contributed by atoms with Crippen LogP contribution >= 0.6 is 0 Å². The van der Waals surface area contributed by atoms with Crippen molar-refractivity contribution in [2.24, 2.45) is 0 Å². The maximum atomic E-state index is 12.2. The van der Waals surface area contributed by atoms with Crippen LogP contribution in [0.4, 0.5) is 5.69 Å². The number of non-ortho nitro benzene ring substituents is 1. The minimum Gasteiger partial charge on any atom is -0.343 e. The molecule has 23 heavy (non-hydrogen) atoms. The highest BCUT2D eigenvalue weighted by Crippen LogP contribution is 2.16. The fraction of sp³-hybridized carbons (Fsp3) is 0.500. The molecule has 0 unspecified atom stereocenters. The average Bonchev–Trinajstić information content (AvgIpc) is 2.90. The largest absolute Gasteiger partial charge is 0.343 e. The molecule has 0 radical (unpaired) electrons. The zero-order valence-corrected chi connectivity index (χ0v) is 13.6. The number of nitro groups is 1. The van der Waals surface area contributed by atoms with E-state index in [1.165, 1.54) is 12.1 Å². The maximum absolute atomic E-state index is 12.2. The number of hydrogen-bond donors (Lipinski definition) is 1. The van der Waals surface area contributed by atoms with Crippen LogP contribution in [0.3, 0.4) is 0 Å². The molecule has 1 aliphatic heterocycles. The number of nitro benzene ring substituents is 1. The van der Waals surface area contributed by atoms with Crippen LogP contribution in [-0.2, 0) is 14.8 Å². The Morgan fingerprint density at radius 1 is 1.35 bits per heavy atom. The minimum absolute atomic E-state index is 0.0211. The molecule has 0 saturated carbocycles. The van der Waals surface area contributed by atoms with Crippen molar-refractivity contribution in [3.05, 3.63) is 34.4 Å². The second kappa shape index (κ2) is 7.05. The predicted octanol–water partition coefficient (Wildman–Crippen LogP) is 1.27. The summed E-state index contributed by atoms with van der Waals surface area (Å²) >= 11 is 0. The second-order valence-corrected chi connectivity index (χ2v) is 7.26. The zero-order chi connectivity index (χ0) is 17.0. The van der Waals surface area contributed by atoms with Crippen molar-refractivity contribution in [2.75, 3.05) is 13.1 Å². The van der Waals surface area contributed by atoms with E-state index >= 15 is 0 Å². The van der Waals surface area contributed by atoms with Gasteiger partial charge >= 0.3 is 0 Å². The zero-order valence-electron chi connectivity index (χ0n) is 12.8. The smallest absolute Gasteiger partial charge is 0.269 e. The number of hydrogen-bond acceptors (Lipinski definition) is 5. The SMILES string of the molecule is C[C@H](CCN1CCCC1=O)NS(=O)(=O)c1ccc([N+](=O)[O-])cc1. The highest BCUT2D eigenvalue weighted by Gasteiger charge is 2.22. The molecular weight excluding hydrogens is 322 g/mol. The van der Waals surface area contributed by atoms with Gasteiger partial charge in [0.25, 0.3) is 5.69 Å². The Morgan fingerprint density at radius 2 is 2.00 bits per heavy atom. The van der Waals surface area contributed by atoms with Crippen molar-refractivity contribution in [2.45, 2.75) is 37.1 Å². The average molecular weight is 341 g/mol. The molecule has 1 atom stereocenters. The molecule has 0 aliphatic carbocycles. The first kappa shape index (κ1) is 17.4. The second-order valence-electron chi connectivity index (χ2n) is 5.55. The molecule has 2 rings (SSSR count). The lowest BCUT2D eigenvalue weighted by atomic mass is 10.2. The van der Waals surface area contributed by atoms with E-state index in [1.807, 2.05) is 0 Å². The molecule has 1 heterocycles. The quantitative estimate of drug-likeness (QED) is 0.593. The molecule has 8 nitrogen and oxygen atoms in total. The van der Waals surface area contributed by atoms with Crippen LogP contribution in [0.1, 0.15) is 26.2 Å². The Bertz CT molecular complexity index is 687. The van der Waals surface area contributed by atoms with Crippen molar-refractivity contribution < 1.29 is 18.1 Å². The predicted molar refractivity (Wildman–Crippen MR) is 83.3 cm³/mol. The van der Waals surface area contributed by atoms with Gasteiger partial charge in [0.05, 0.1) is 9.82 Å². The number of carbonyl (C=O) groups excluding carboxylic acids is 1. The summed E-state index contributed by atoms with van der Waals surface area (Å²) < 4.78 is 27.0. The van der Waals surface area contributed by atoms with Gasteiger partial charge in [0.2, 0.25) is 15.9 Å². The van der Waals surface area contributed by atoms with Gasteiger partial charge in [-0.05, 0) is 31.9 Å². The third-order valence-corrected chi connectivity index (χ3v) is 5.32. The normalized spacial score (nSPS) is 16.6. The first-order valence-electron chi connectivity index (χ1n) is 7.34. The number of nitrogens with one attached hydrogen (secondary N) is 1. The Kier molecular flexibility index (Phi) is 5.32. The number of nitrogens with zero attached hydrogens (tertiary/aromatic N) is 2. The van der Waals surface area contributed by atoms with Crippen molar-refractivity contribution in [3.8, 4) is 0 Å². The molecule has 0 bridgehead atoms. The first-order valence-corrected chi connectivity index (χ1v) is 8.82. The van der Waals surface area contributed by atoms with E-state index in [-0.39, 0.29) is 22.5 Å². The summed E-state index contributed by atoms with van der Waals surface area (Å²) in [5, 5.41) is 10.6. The third-order valence-electron chi connectivity index (χ3n) is 3.72. The van der Waals surface area contributed by atoms with E-state index in [4.69, 9.17) is 0 Å². The molecule has 1 fully saturated rings. The van der Waals surface area contributed by atoms with Gasteiger partial charge in [-0.15, -0.1) is 0 Å². The molecule has 9 heteroatoms. The van der Waals surface area contributed by atoms with Crippen LogP contribution < -0.4 is 4.72 Å². The number of likely N-dealkylation sites (tertiary alicyclic amines) is 1. The fourth-order valence-corrected chi connectivity index (χ4v) is 3.71. The molecule has 1 aromatic carbocycles. The topological polar surface area (TPSA) is 110 Å². The summed E-state index contributed by atoms with van der Waals surface area (Å²) in [7, 11) is -3.74. The fourth-order valence-electron chi connectivity index (χ4n) is 2.43. The van der Waals surface area contributed by atoms with Crippen LogP contribution in [0.15, 0.2) is 29.2 Å². The van der Waals surface area contributed by atoms with Gasteiger partial charge in [0, 0.05) is 37.7 Å². The van der Waals surface area contributed by atoms with Gasteiger partial charge in [0.1, 0.15) is 0 Å². The van der Waals surface area contributed by atoms with Crippen molar-refractivity contribution in [1.82, 2.24) is 9.62 Å². The molecule has 1 N–H and O–H groups in total. The summed E-state index contributed by atoms with van der Waals surface area (Å²) in [6.45, 7) is 2.97. The Morgan fingerprint density at radius 3 is 2.52 bits per heavy atom. The molecular formula is C14H19N3O5S. The molecule has 0 aromatic heterocycles. The van der Waals surface area contributed by atoms with Crippen molar-refractivity contribution >= 4 is 21.6 Å². The molecule has 1 aromatic rings. The standard InChI is InChI=1S/C14H19N3O5S/c1-11(8-10-16-9-2-3-14(16)18)15-23(21,22)13-6-4-12(5-7-13)17(19)20/h4-7,11,15H,2-3,8-10H2,1H3/t11-/m1/s1. The monoisotopic (exact) mass is 341 g/mol. The number of rotatable bonds is 7. The molecule has 1 aliphatic rings. The number of benzene rings is 1. The Labute approximate surface area is 134 Å². The summed E-state index contributed by atoms with van der Waals surface area (Å²) in [6, 6.07) is 4.38. The van der Waals surface area contributed by atoms with Crippen LogP contribution in [0, 0.1) is 10.1 Å². The van der Waals surface area contributed by atoms with Gasteiger partial charge in [-0.3, -0.25) is 14.9 Å². The summed E-state index contributed by atoms with van der Waals surface area (Å²) in [6.07, 6.45) is 1.92. The number of amides is 1. The summed E-state index contributed by atoms with van der Waals surface area (Å²) in [5.41, 5.74) is -0.162. The van der Waals surface area contributed by atoms with Crippen molar-refractivity contribution in [3.63, 3.8) is 0 Å². The Hall–Kier alpha value is -2.00. The molecule has 126 valence electrons. The molecule has 1 saturated heterocycles. The van der Waals surface area contributed by atoms with Gasteiger partial charge < -0.3 is 4.90 Å². The van der Waals surface area contributed by atoms with Gasteiger partial charge in [-0.25, -0.2) is 13.1 Å². The summed E-state index contributed by atoms with van der Waals surface area (Å²) in [4.78, 5) is 23.2. The van der Waals surface area contributed by atoms with E-state index in [0.717, 1.165) is 25.1 Å². The lowest BCUT2D eigenvalue weighted by Crippen LogP contribution is -2.36. The van der Waals surface area contributed by atoms with Crippen LogP contribution in [0.25, 0.3) is 0 Å². The van der Waals surface area contributed by atoms with Gasteiger partial charge in [-0.2, -0.15) is 0 Å². The van der Waals surface area contributed by atoms with Gasteiger partial charge in [0.15, 0.2) is 0 Å². The number of carbonyl (C=O) groups is 1. The Balaban J connectivity index is 1.94. The van der Waals surface area contributed by atoms with Crippen molar-refractivity contribution in [1.29, 1.82) is 0 Å².